The first-order valence-electron chi connectivity index (χ1n) is 6.07. The predicted octanol–water partition coefficient (Wildman–Crippen LogP) is 2.03. The summed E-state index contributed by atoms with van der Waals surface area (Å²) in [6.07, 6.45) is 1.85. The number of nitrogens with one attached hydrogen (secondary N) is 1. The molecule has 19 heavy (non-hydrogen) atoms. The van der Waals surface area contributed by atoms with E-state index in [0.717, 1.165) is 17.7 Å². The highest BCUT2D eigenvalue weighted by atomic mass is 16.4. The van der Waals surface area contributed by atoms with E-state index in [1.807, 2.05) is 45.0 Å². The Labute approximate surface area is 113 Å². The summed E-state index contributed by atoms with van der Waals surface area (Å²) in [6.45, 7) is 6.52. The third kappa shape index (κ3) is 4.95. The number of carboxylic acids is 1. The number of aryl methyl sites for hydroxylation is 1. The van der Waals surface area contributed by atoms with Crippen molar-refractivity contribution in [2.24, 2.45) is 0 Å². The second-order valence-electron chi connectivity index (χ2n) is 5.14. The lowest BCUT2D eigenvalue weighted by Gasteiger charge is -2.25. The summed E-state index contributed by atoms with van der Waals surface area (Å²) in [5.41, 5.74) is 2.11. The fourth-order valence-corrected chi connectivity index (χ4v) is 1.62. The van der Waals surface area contributed by atoms with Crippen LogP contribution < -0.4 is 5.32 Å². The summed E-state index contributed by atoms with van der Waals surface area (Å²) in [5, 5.41) is 11.1. The van der Waals surface area contributed by atoms with E-state index in [2.05, 4.69) is 5.32 Å². The molecular weight excluding hydrogens is 242 g/mol. The molecule has 0 heterocycles. The molecule has 0 aliphatic heterocycles. The highest BCUT2D eigenvalue weighted by molar-refractivity contribution is 5.93. The number of carbonyl (C=O) groups is 2. The van der Waals surface area contributed by atoms with Crippen molar-refractivity contribution in [3.05, 3.63) is 47.5 Å². The van der Waals surface area contributed by atoms with E-state index in [-0.39, 0.29) is 5.41 Å². The second kappa shape index (κ2) is 6.18. The SMILES string of the molecule is Cc1ccc(C(C)(C)CNC(=O)/C=C/C(=O)O)cc1. The molecule has 0 aliphatic carbocycles. The van der Waals surface area contributed by atoms with Crippen LogP contribution in [0.25, 0.3) is 0 Å². The van der Waals surface area contributed by atoms with Gasteiger partial charge in [-0.2, -0.15) is 0 Å². The fraction of sp³-hybridized carbons (Fsp3) is 0.333. The van der Waals surface area contributed by atoms with Gasteiger partial charge in [-0.05, 0) is 12.5 Å². The number of aliphatic carboxylic acids is 1. The van der Waals surface area contributed by atoms with Gasteiger partial charge < -0.3 is 10.4 Å². The molecule has 102 valence electrons. The van der Waals surface area contributed by atoms with Gasteiger partial charge in [-0.3, -0.25) is 4.79 Å². The molecule has 2 N–H and O–H groups in total. The average molecular weight is 261 g/mol. The molecule has 1 aromatic carbocycles. The Balaban J connectivity index is 2.62. The normalized spacial score (nSPS) is 11.5. The molecule has 0 saturated carbocycles. The molecule has 1 aromatic rings. The van der Waals surface area contributed by atoms with Crippen molar-refractivity contribution in [2.45, 2.75) is 26.2 Å². The predicted molar refractivity (Wildman–Crippen MR) is 74.0 cm³/mol. The molecule has 4 heteroatoms. The Morgan fingerprint density at radius 2 is 1.79 bits per heavy atom. The van der Waals surface area contributed by atoms with Crippen LogP contribution in [0.3, 0.4) is 0 Å². The minimum absolute atomic E-state index is 0.208. The topological polar surface area (TPSA) is 66.4 Å². The van der Waals surface area contributed by atoms with E-state index in [1.165, 1.54) is 5.56 Å². The molecule has 0 aromatic heterocycles. The maximum atomic E-state index is 11.4. The summed E-state index contributed by atoms with van der Waals surface area (Å²) in [4.78, 5) is 21.7. The van der Waals surface area contributed by atoms with Crippen LogP contribution >= 0.6 is 0 Å². The van der Waals surface area contributed by atoms with Gasteiger partial charge in [0.1, 0.15) is 0 Å². The highest BCUT2D eigenvalue weighted by Crippen LogP contribution is 2.22. The van der Waals surface area contributed by atoms with Gasteiger partial charge in [-0.25, -0.2) is 4.79 Å². The fourth-order valence-electron chi connectivity index (χ4n) is 1.62. The van der Waals surface area contributed by atoms with Crippen molar-refractivity contribution in [1.82, 2.24) is 5.32 Å². The van der Waals surface area contributed by atoms with Crippen LogP contribution in [0.4, 0.5) is 0 Å². The summed E-state index contributed by atoms with van der Waals surface area (Å²) >= 11 is 0. The van der Waals surface area contributed by atoms with Crippen molar-refractivity contribution in [1.29, 1.82) is 0 Å². The first-order valence-corrected chi connectivity index (χ1v) is 6.07. The monoisotopic (exact) mass is 261 g/mol. The number of hydrogen-bond donors (Lipinski definition) is 2. The number of benzene rings is 1. The quantitative estimate of drug-likeness (QED) is 0.797. The third-order valence-electron chi connectivity index (χ3n) is 2.91. The summed E-state index contributed by atoms with van der Waals surface area (Å²) in [7, 11) is 0. The van der Waals surface area contributed by atoms with Crippen LogP contribution in [-0.4, -0.2) is 23.5 Å². The number of carbonyl (C=O) groups excluding carboxylic acids is 1. The van der Waals surface area contributed by atoms with Crippen LogP contribution in [0, 0.1) is 6.92 Å². The van der Waals surface area contributed by atoms with E-state index < -0.39 is 11.9 Å². The van der Waals surface area contributed by atoms with Crippen molar-refractivity contribution in [2.75, 3.05) is 6.54 Å². The van der Waals surface area contributed by atoms with Crippen molar-refractivity contribution in [3.63, 3.8) is 0 Å². The van der Waals surface area contributed by atoms with Crippen molar-refractivity contribution in [3.8, 4) is 0 Å². The zero-order chi connectivity index (χ0) is 14.5. The molecule has 0 bridgehead atoms. The van der Waals surface area contributed by atoms with Crippen LogP contribution in [0.2, 0.25) is 0 Å². The van der Waals surface area contributed by atoms with Gasteiger partial charge in [-0.15, -0.1) is 0 Å². The second-order valence-corrected chi connectivity index (χ2v) is 5.14. The van der Waals surface area contributed by atoms with Gasteiger partial charge in [-0.1, -0.05) is 43.7 Å². The van der Waals surface area contributed by atoms with Gasteiger partial charge in [0.25, 0.3) is 0 Å². The zero-order valence-corrected chi connectivity index (χ0v) is 11.4. The lowest BCUT2D eigenvalue weighted by Crippen LogP contribution is -2.35. The lowest BCUT2D eigenvalue weighted by atomic mass is 9.84. The summed E-state index contributed by atoms with van der Waals surface area (Å²) < 4.78 is 0. The van der Waals surface area contributed by atoms with E-state index in [0.29, 0.717) is 6.54 Å². The molecule has 0 fully saturated rings. The Morgan fingerprint density at radius 1 is 1.21 bits per heavy atom. The Kier molecular flexibility index (Phi) is 4.87. The Hall–Kier alpha value is -2.10. The maximum Gasteiger partial charge on any atom is 0.328 e. The van der Waals surface area contributed by atoms with Crippen LogP contribution in [0.1, 0.15) is 25.0 Å². The zero-order valence-electron chi connectivity index (χ0n) is 11.4. The van der Waals surface area contributed by atoms with Gasteiger partial charge in [0.15, 0.2) is 0 Å². The molecule has 1 amide bonds. The van der Waals surface area contributed by atoms with E-state index in [4.69, 9.17) is 5.11 Å². The Bertz CT molecular complexity index is 487. The van der Waals surface area contributed by atoms with Crippen LogP contribution in [-0.2, 0) is 15.0 Å². The van der Waals surface area contributed by atoms with Gasteiger partial charge in [0.2, 0.25) is 5.91 Å². The Morgan fingerprint density at radius 3 is 2.32 bits per heavy atom. The molecule has 0 radical (unpaired) electrons. The molecule has 1 rings (SSSR count). The maximum absolute atomic E-state index is 11.4. The highest BCUT2D eigenvalue weighted by Gasteiger charge is 2.20. The molecule has 0 spiro atoms. The smallest absolute Gasteiger partial charge is 0.328 e. The minimum Gasteiger partial charge on any atom is -0.478 e. The average Bonchev–Trinajstić information content (AvgIpc) is 2.34. The van der Waals surface area contributed by atoms with Crippen LogP contribution in [0.5, 0.6) is 0 Å². The summed E-state index contributed by atoms with van der Waals surface area (Å²) in [6, 6.07) is 8.13. The van der Waals surface area contributed by atoms with Gasteiger partial charge >= 0.3 is 5.97 Å². The minimum atomic E-state index is -1.13. The molecule has 0 aliphatic rings. The molecule has 4 nitrogen and oxygen atoms in total. The van der Waals surface area contributed by atoms with E-state index in [1.54, 1.807) is 0 Å². The van der Waals surface area contributed by atoms with Gasteiger partial charge in [0.05, 0.1) is 0 Å². The molecule has 0 atom stereocenters. The van der Waals surface area contributed by atoms with E-state index >= 15 is 0 Å². The van der Waals surface area contributed by atoms with Crippen LogP contribution in [0.15, 0.2) is 36.4 Å². The number of carboxylic acid groups (broad SMARTS) is 1. The molecular formula is C15H19NO3. The standard InChI is InChI=1S/C15H19NO3/c1-11-4-6-12(7-5-11)15(2,3)10-16-13(17)8-9-14(18)19/h4-9H,10H2,1-3H3,(H,16,17)(H,18,19)/b9-8+. The largest absolute Gasteiger partial charge is 0.478 e. The van der Waals surface area contributed by atoms with Gasteiger partial charge in [0, 0.05) is 24.1 Å². The third-order valence-corrected chi connectivity index (χ3v) is 2.91. The molecule has 0 saturated heterocycles. The first-order chi connectivity index (χ1) is 8.81. The number of hydrogen-bond acceptors (Lipinski definition) is 2. The van der Waals surface area contributed by atoms with Crippen molar-refractivity contribution >= 4 is 11.9 Å². The van der Waals surface area contributed by atoms with E-state index in [9.17, 15) is 9.59 Å². The van der Waals surface area contributed by atoms with Crippen molar-refractivity contribution < 1.29 is 14.7 Å². The number of amides is 1. The first kappa shape index (κ1) is 15.0. The summed E-state index contributed by atoms with van der Waals surface area (Å²) in [5.74, 6) is -1.53. The number of rotatable bonds is 5. The lowest BCUT2D eigenvalue weighted by molar-refractivity contribution is -0.131. The molecule has 0 unspecified atom stereocenters.